The lowest BCUT2D eigenvalue weighted by Gasteiger charge is -2.21. The van der Waals surface area contributed by atoms with E-state index in [1.165, 1.54) is 29.1 Å². The molecule has 0 N–H and O–H groups in total. The van der Waals surface area contributed by atoms with E-state index in [0.717, 1.165) is 17.7 Å². The van der Waals surface area contributed by atoms with Gasteiger partial charge in [0.15, 0.2) is 0 Å². The monoisotopic (exact) mass is 415 g/mol. The average Bonchev–Trinajstić information content (AvgIpc) is 2.73. The van der Waals surface area contributed by atoms with Crippen LogP contribution in [0.3, 0.4) is 0 Å². The molecule has 156 valence electrons. The number of rotatable bonds is 6. The average molecular weight is 415 g/mol. The van der Waals surface area contributed by atoms with E-state index in [-0.39, 0.29) is 18.1 Å². The molecule has 2 aromatic carbocycles. The van der Waals surface area contributed by atoms with Gasteiger partial charge in [-0.05, 0) is 24.6 Å². The van der Waals surface area contributed by atoms with Crippen molar-refractivity contribution in [1.82, 2.24) is 14.5 Å². The van der Waals surface area contributed by atoms with Crippen molar-refractivity contribution in [2.45, 2.75) is 26.2 Å². The van der Waals surface area contributed by atoms with Crippen LogP contribution >= 0.6 is 0 Å². The molecule has 5 nitrogen and oxygen atoms in total. The topological polar surface area (TPSA) is 55.2 Å². The van der Waals surface area contributed by atoms with E-state index in [1.54, 1.807) is 4.90 Å². The van der Waals surface area contributed by atoms with Crippen LogP contribution in [0.25, 0.3) is 11.3 Å². The standard InChI is InChI=1S/C22H20F3N3O2/c1-2-27(13-16-6-4-3-5-7-16)21(30)14-28-15-26-19(12-20(28)29)17-8-10-18(11-9-17)22(23,24)25/h3-12,15H,2,13-14H2,1H3. The van der Waals surface area contributed by atoms with Gasteiger partial charge in [-0.2, -0.15) is 13.2 Å². The van der Waals surface area contributed by atoms with Crippen LogP contribution in [0.15, 0.2) is 71.8 Å². The number of aromatic nitrogens is 2. The number of carbonyl (C=O) groups excluding carboxylic acids is 1. The molecule has 1 aromatic heterocycles. The Labute approximate surface area is 171 Å². The van der Waals surface area contributed by atoms with Crippen LogP contribution in [-0.4, -0.2) is 26.9 Å². The fraction of sp³-hybridized carbons (Fsp3) is 0.227. The van der Waals surface area contributed by atoms with Gasteiger partial charge in [-0.25, -0.2) is 4.98 Å². The van der Waals surface area contributed by atoms with Crippen molar-refractivity contribution < 1.29 is 18.0 Å². The zero-order chi connectivity index (χ0) is 21.7. The second-order valence-corrected chi connectivity index (χ2v) is 6.71. The van der Waals surface area contributed by atoms with E-state index in [0.29, 0.717) is 18.7 Å². The molecule has 1 heterocycles. The normalized spacial score (nSPS) is 11.3. The molecule has 0 unspecified atom stereocenters. The maximum absolute atomic E-state index is 12.7. The van der Waals surface area contributed by atoms with Crippen LogP contribution in [0.4, 0.5) is 13.2 Å². The van der Waals surface area contributed by atoms with Crippen molar-refractivity contribution in [2.24, 2.45) is 0 Å². The smallest absolute Gasteiger partial charge is 0.337 e. The van der Waals surface area contributed by atoms with Gasteiger partial charge in [0.2, 0.25) is 5.91 Å². The predicted molar refractivity (Wildman–Crippen MR) is 106 cm³/mol. The molecule has 3 aromatic rings. The molecule has 3 rings (SSSR count). The van der Waals surface area contributed by atoms with Gasteiger partial charge in [0, 0.05) is 24.7 Å². The van der Waals surface area contributed by atoms with Crippen LogP contribution in [0.5, 0.6) is 0 Å². The number of carbonyl (C=O) groups is 1. The quantitative estimate of drug-likeness (QED) is 0.612. The molecular weight excluding hydrogens is 395 g/mol. The summed E-state index contributed by atoms with van der Waals surface area (Å²) in [6.07, 6.45) is -3.19. The van der Waals surface area contributed by atoms with E-state index >= 15 is 0 Å². The summed E-state index contributed by atoms with van der Waals surface area (Å²) in [6.45, 7) is 2.61. The molecule has 8 heteroatoms. The Morgan fingerprint density at radius 1 is 1.07 bits per heavy atom. The van der Waals surface area contributed by atoms with Gasteiger partial charge in [0.05, 0.1) is 17.6 Å². The lowest BCUT2D eigenvalue weighted by molar-refractivity contribution is -0.137. The Morgan fingerprint density at radius 3 is 2.30 bits per heavy atom. The molecule has 0 saturated heterocycles. The zero-order valence-electron chi connectivity index (χ0n) is 16.3. The number of hydrogen-bond donors (Lipinski definition) is 0. The number of hydrogen-bond acceptors (Lipinski definition) is 3. The van der Waals surface area contributed by atoms with Gasteiger partial charge in [0.25, 0.3) is 5.56 Å². The molecule has 0 atom stereocenters. The van der Waals surface area contributed by atoms with E-state index in [1.807, 2.05) is 37.3 Å². The highest BCUT2D eigenvalue weighted by Crippen LogP contribution is 2.30. The van der Waals surface area contributed by atoms with Crippen molar-refractivity contribution in [3.05, 3.63) is 88.5 Å². The summed E-state index contributed by atoms with van der Waals surface area (Å²) in [5, 5.41) is 0. The van der Waals surface area contributed by atoms with Crippen LogP contribution in [0.1, 0.15) is 18.1 Å². The molecule has 1 amide bonds. The van der Waals surface area contributed by atoms with Gasteiger partial charge in [-0.15, -0.1) is 0 Å². The Hall–Kier alpha value is -3.42. The Balaban J connectivity index is 1.73. The number of nitrogens with zero attached hydrogens (tertiary/aromatic N) is 3. The predicted octanol–water partition coefficient (Wildman–Crippen LogP) is 3.98. The molecule has 0 aliphatic heterocycles. The fourth-order valence-corrected chi connectivity index (χ4v) is 2.96. The minimum Gasteiger partial charge on any atom is -0.337 e. The minimum absolute atomic E-state index is 0.167. The van der Waals surface area contributed by atoms with Crippen LogP contribution in [-0.2, 0) is 24.1 Å². The van der Waals surface area contributed by atoms with Crippen molar-refractivity contribution >= 4 is 5.91 Å². The molecule has 0 saturated carbocycles. The third-order valence-corrected chi connectivity index (χ3v) is 4.64. The first-order valence-electron chi connectivity index (χ1n) is 9.33. The zero-order valence-corrected chi connectivity index (χ0v) is 16.3. The largest absolute Gasteiger partial charge is 0.416 e. The van der Waals surface area contributed by atoms with E-state index in [9.17, 15) is 22.8 Å². The van der Waals surface area contributed by atoms with Crippen molar-refractivity contribution in [1.29, 1.82) is 0 Å². The van der Waals surface area contributed by atoms with Crippen LogP contribution in [0.2, 0.25) is 0 Å². The molecule has 0 radical (unpaired) electrons. The summed E-state index contributed by atoms with van der Waals surface area (Å²) in [5.74, 6) is -0.229. The second-order valence-electron chi connectivity index (χ2n) is 6.71. The van der Waals surface area contributed by atoms with Crippen LogP contribution in [0, 0.1) is 0 Å². The first-order chi connectivity index (χ1) is 14.3. The third-order valence-electron chi connectivity index (χ3n) is 4.64. The Kier molecular flexibility index (Phi) is 6.34. The first kappa shape index (κ1) is 21.3. The van der Waals surface area contributed by atoms with Crippen molar-refractivity contribution in [3.63, 3.8) is 0 Å². The highest BCUT2D eigenvalue weighted by Gasteiger charge is 2.30. The highest BCUT2D eigenvalue weighted by atomic mass is 19.4. The third kappa shape index (κ3) is 5.14. The first-order valence-corrected chi connectivity index (χ1v) is 9.33. The van der Waals surface area contributed by atoms with Gasteiger partial charge in [-0.3, -0.25) is 14.2 Å². The van der Waals surface area contributed by atoms with Crippen LogP contribution < -0.4 is 5.56 Å². The molecule has 0 aliphatic rings. The number of halogens is 3. The lowest BCUT2D eigenvalue weighted by atomic mass is 10.1. The summed E-state index contributed by atoms with van der Waals surface area (Å²) < 4.78 is 39.2. The molecule has 0 aliphatic carbocycles. The molecule has 0 bridgehead atoms. The van der Waals surface area contributed by atoms with E-state index in [4.69, 9.17) is 0 Å². The lowest BCUT2D eigenvalue weighted by Crippen LogP contribution is -2.36. The molecule has 0 spiro atoms. The molecule has 30 heavy (non-hydrogen) atoms. The second kappa shape index (κ2) is 8.94. The number of benzene rings is 2. The Bertz CT molecular complexity index is 1060. The highest BCUT2D eigenvalue weighted by molar-refractivity contribution is 5.76. The summed E-state index contributed by atoms with van der Waals surface area (Å²) in [4.78, 5) is 30.8. The van der Waals surface area contributed by atoms with Gasteiger partial charge in [0.1, 0.15) is 6.54 Å². The van der Waals surface area contributed by atoms with Gasteiger partial charge in [-0.1, -0.05) is 42.5 Å². The maximum Gasteiger partial charge on any atom is 0.416 e. The summed E-state index contributed by atoms with van der Waals surface area (Å²) in [6, 6.07) is 15.1. The van der Waals surface area contributed by atoms with Crippen molar-refractivity contribution in [3.8, 4) is 11.3 Å². The minimum atomic E-state index is -4.43. The van der Waals surface area contributed by atoms with E-state index < -0.39 is 17.3 Å². The van der Waals surface area contributed by atoms with Gasteiger partial charge < -0.3 is 4.90 Å². The van der Waals surface area contributed by atoms with E-state index in [2.05, 4.69) is 4.98 Å². The number of alkyl halides is 3. The number of amides is 1. The van der Waals surface area contributed by atoms with Gasteiger partial charge >= 0.3 is 6.18 Å². The summed E-state index contributed by atoms with van der Waals surface area (Å²) in [7, 11) is 0. The molecule has 0 fully saturated rings. The summed E-state index contributed by atoms with van der Waals surface area (Å²) in [5.41, 5.74) is 0.384. The molecular formula is C22H20F3N3O2. The van der Waals surface area contributed by atoms with Crippen molar-refractivity contribution in [2.75, 3.05) is 6.54 Å². The Morgan fingerprint density at radius 2 is 1.73 bits per heavy atom. The fourth-order valence-electron chi connectivity index (χ4n) is 2.96. The maximum atomic E-state index is 12.7. The summed E-state index contributed by atoms with van der Waals surface area (Å²) >= 11 is 0. The number of likely N-dealkylation sites (N-methyl/N-ethyl adjacent to an activating group) is 1. The SMILES string of the molecule is CCN(Cc1ccccc1)C(=O)Cn1cnc(-c2ccc(C(F)(F)F)cc2)cc1=O.